The van der Waals surface area contributed by atoms with Crippen LogP contribution in [-0.4, -0.2) is 24.7 Å². The molecule has 0 saturated carbocycles. The van der Waals surface area contributed by atoms with Crippen LogP contribution >= 0.6 is 0 Å². The minimum Gasteiger partial charge on any atom is -0.375 e. The van der Waals surface area contributed by atoms with Crippen LogP contribution in [0.25, 0.3) is 5.82 Å². The van der Waals surface area contributed by atoms with Crippen molar-refractivity contribution < 1.29 is 4.39 Å². The predicted octanol–water partition coefficient (Wildman–Crippen LogP) is 2.37. The zero-order chi connectivity index (χ0) is 14.7. The topological polar surface area (TPSA) is 68.5 Å². The molecule has 0 aliphatic rings. The van der Waals surface area contributed by atoms with Crippen LogP contribution in [0.2, 0.25) is 0 Å². The van der Waals surface area contributed by atoms with Crippen LogP contribution < -0.4 is 5.32 Å². The summed E-state index contributed by atoms with van der Waals surface area (Å²) in [7, 11) is 0. The molecule has 21 heavy (non-hydrogen) atoms. The van der Waals surface area contributed by atoms with E-state index < -0.39 is 0 Å². The molecule has 0 radical (unpaired) electrons. The summed E-state index contributed by atoms with van der Waals surface area (Å²) in [5.41, 5.74) is 1.53. The summed E-state index contributed by atoms with van der Waals surface area (Å²) >= 11 is 0. The second kappa shape index (κ2) is 5.66. The highest BCUT2D eigenvalue weighted by molar-refractivity contribution is 5.57. The first-order valence-electron chi connectivity index (χ1n) is 6.41. The van der Waals surface area contributed by atoms with E-state index in [0.29, 0.717) is 5.82 Å². The molecule has 106 valence electrons. The smallest absolute Gasteiger partial charge is 0.178 e. The lowest BCUT2D eigenvalue weighted by molar-refractivity contribution is 0.616. The summed E-state index contributed by atoms with van der Waals surface area (Å²) < 4.78 is 14.8. The zero-order valence-corrected chi connectivity index (χ0v) is 11.3. The molecule has 3 aromatic heterocycles. The van der Waals surface area contributed by atoms with Gasteiger partial charge >= 0.3 is 0 Å². The first kappa shape index (κ1) is 13.2. The van der Waals surface area contributed by atoms with Crippen molar-refractivity contribution in [3.8, 4) is 5.82 Å². The minimum atomic E-state index is -0.358. The Balaban J connectivity index is 1.88. The number of nitrogens with one attached hydrogen (secondary N) is 1. The van der Waals surface area contributed by atoms with E-state index in [2.05, 4.69) is 25.4 Å². The predicted molar refractivity (Wildman–Crippen MR) is 75.4 cm³/mol. The van der Waals surface area contributed by atoms with Gasteiger partial charge in [0.15, 0.2) is 5.82 Å². The van der Waals surface area contributed by atoms with Gasteiger partial charge in [-0.1, -0.05) is 0 Å². The van der Waals surface area contributed by atoms with E-state index in [4.69, 9.17) is 0 Å². The Labute approximate surface area is 120 Å². The van der Waals surface area contributed by atoms with Gasteiger partial charge in [-0.15, -0.1) is 0 Å². The molecular formula is C14H13FN6. The Kier molecular flexibility index (Phi) is 3.55. The molecule has 0 fully saturated rings. The van der Waals surface area contributed by atoms with Gasteiger partial charge in [-0.2, -0.15) is 5.10 Å². The number of pyridine rings is 2. The van der Waals surface area contributed by atoms with Gasteiger partial charge in [-0.25, -0.2) is 19.0 Å². The second-order valence-corrected chi connectivity index (χ2v) is 4.52. The van der Waals surface area contributed by atoms with Gasteiger partial charge in [0.1, 0.15) is 18.5 Å². The number of aromatic nitrogens is 5. The fraction of sp³-hybridized carbons (Fsp3) is 0.143. The normalized spacial score (nSPS) is 12.1. The van der Waals surface area contributed by atoms with Crippen LogP contribution in [0.1, 0.15) is 18.5 Å². The molecule has 0 aliphatic carbocycles. The van der Waals surface area contributed by atoms with E-state index in [1.54, 1.807) is 23.4 Å². The van der Waals surface area contributed by atoms with Crippen molar-refractivity contribution >= 4 is 5.69 Å². The molecule has 3 aromatic rings. The fourth-order valence-electron chi connectivity index (χ4n) is 1.99. The Hall–Kier alpha value is -2.83. The molecule has 0 aromatic carbocycles. The maximum atomic E-state index is 13.2. The number of nitrogens with zero attached hydrogens (tertiary/aromatic N) is 5. The van der Waals surface area contributed by atoms with Crippen LogP contribution in [0.3, 0.4) is 0 Å². The van der Waals surface area contributed by atoms with E-state index in [0.717, 1.165) is 11.3 Å². The first-order valence-corrected chi connectivity index (χ1v) is 6.41. The quantitative estimate of drug-likeness (QED) is 0.796. The fourth-order valence-corrected chi connectivity index (χ4v) is 1.99. The standard InChI is InChI=1S/C14H13FN6/c1-10(11-5-12(15)7-16-6-11)20-13-3-2-4-18-14(13)21-9-17-8-19-21/h2-10,20H,1H3. The summed E-state index contributed by atoms with van der Waals surface area (Å²) in [5.74, 6) is 0.273. The van der Waals surface area contributed by atoms with Gasteiger partial charge in [0.2, 0.25) is 0 Å². The molecule has 7 heteroatoms. The molecule has 0 saturated heterocycles. The van der Waals surface area contributed by atoms with Crippen LogP contribution in [0.5, 0.6) is 0 Å². The lowest BCUT2D eigenvalue weighted by atomic mass is 10.1. The molecule has 0 bridgehead atoms. The molecule has 0 amide bonds. The average Bonchev–Trinajstić information content (AvgIpc) is 3.02. The number of hydrogen-bond acceptors (Lipinski definition) is 5. The van der Waals surface area contributed by atoms with Gasteiger partial charge in [0.25, 0.3) is 0 Å². The number of anilines is 1. The van der Waals surface area contributed by atoms with E-state index >= 15 is 0 Å². The molecule has 1 atom stereocenters. The Bertz CT molecular complexity index is 728. The van der Waals surface area contributed by atoms with E-state index in [1.165, 1.54) is 18.6 Å². The molecule has 0 aliphatic heterocycles. The van der Waals surface area contributed by atoms with E-state index in [-0.39, 0.29) is 11.9 Å². The Morgan fingerprint density at radius 2 is 2.19 bits per heavy atom. The van der Waals surface area contributed by atoms with Crippen LogP contribution in [0, 0.1) is 5.82 Å². The third kappa shape index (κ3) is 2.86. The van der Waals surface area contributed by atoms with Gasteiger partial charge in [0.05, 0.1) is 17.9 Å². The average molecular weight is 284 g/mol. The van der Waals surface area contributed by atoms with Crippen molar-refractivity contribution in [1.29, 1.82) is 0 Å². The van der Waals surface area contributed by atoms with Crippen molar-refractivity contribution in [2.75, 3.05) is 5.32 Å². The van der Waals surface area contributed by atoms with Crippen LogP contribution in [-0.2, 0) is 0 Å². The van der Waals surface area contributed by atoms with Gasteiger partial charge in [-0.05, 0) is 30.7 Å². The van der Waals surface area contributed by atoms with Crippen molar-refractivity contribution in [3.05, 3.63) is 60.8 Å². The third-order valence-corrected chi connectivity index (χ3v) is 3.02. The highest BCUT2D eigenvalue weighted by Gasteiger charge is 2.11. The largest absolute Gasteiger partial charge is 0.375 e. The van der Waals surface area contributed by atoms with Crippen LogP contribution in [0.15, 0.2) is 49.4 Å². The molecule has 6 nitrogen and oxygen atoms in total. The summed E-state index contributed by atoms with van der Waals surface area (Å²) in [6.45, 7) is 1.93. The SMILES string of the molecule is CC(Nc1cccnc1-n1cncn1)c1cncc(F)c1. The van der Waals surface area contributed by atoms with Gasteiger partial charge in [-0.3, -0.25) is 4.98 Å². The third-order valence-electron chi connectivity index (χ3n) is 3.02. The zero-order valence-electron chi connectivity index (χ0n) is 11.3. The molecule has 1 unspecified atom stereocenters. The van der Waals surface area contributed by atoms with Crippen molar-refractivity contribution in [3.63, 3.8) is 0 Å². The first-order chi connectivity index (χ1) is 10.2. The van der Waals surface area contributed by atoms with Gasteiger partial charge < -0.3 is 5.32 Å². The van der Waals surface area contributed by atoms with Crippen molar-refractivity contribution in [1.82, 2.24) is 24.7 Å². The Morgan fingerprint density at radius 3 is 2.95 bits per heavy atom. The lowest BCUT2D eigenvalue weighted by Gasteiger charge is -2.17. The number of halogens is 1. The number of rotatable bonds is 4. The maximum absolute atomic E-state index is 13.2. The van der Waals surface area contributed by atoms with Crippen molar-refractivity contribution in [2.45, 2.75) is 13.0 Å². The van der Waals surface area contributed by atoms with Crippen molar-refractivity contribution in [2.24, 2.45) is 0 Å². The van der Waals surface area contributed by atoms with Crippen LogP contribution in [0.4, 0.5) is 10.1 Å². The monoisotopic (exact) mass is 284 g/mol. The molecule has 1 N–H and O–H groups in total. The summed E-state index contributed by atoms with van der Waals surface area (Å²) in [6, 6.07) is 5.03. The highest BCUT2D eigenvalue weighted by Crippen LogP contribution is 2.22. The maximum Gasteiger partial charge on any atom is 0.178 e. The molecule has 0 spiro atoms. The summed E-state index contributed by atoms with van der Waals surface area (Å²) in [4.78, 5) is 12.1. The summed E-state index contributed by atoms with van der Waals surface area (Å²) in [6.07, 6.45) is 7.50. The highest BCUT2D eigenvalue weighted by atomic mass is 19.1. The lowest BCUT2D eigenvalue weighted by Crippen LogP contribution is -2.11. The minimum absolute atomic E-state index is 0.125. The molecule has 3 rings (SSSR count). The van der Waals surface area contributed by atoms with E-state index in [9.17, 15) is 4.39 Å². The second-order valence-electron chi connectivity index (χ2n) is 4.52. The number of hydrogen-bond donors (Lipinski definition) is 1. The molecule has 3 heterocycles. The Morgan fingerprint density at radius 1 is 1.29 bits per heavy atom. The molecular weight excluding hydrogens is 271 g/mol. The summed E-state index contributed by atoms with van der Waals surface area (Å²) in [5, 5.41) is 7.36. The van der Waals surface area contributed by atoms with Gasteiger partial charge in [0, 0.05) is 12.4 Å². The van der Waals surface area contributed by atoms with E-state index in [1.807, 2.05) is 19.1 Å².